The average molecular weight is 519 g/mol. The zero-order chi connectivity index (χ0) is 25.4. The fourth-order valence-corrected chi connectivity index (χ4v) is 3.73. The van der Waals surface area contributed by atoms with Crippen molar-refractivity contribution in [1.82, 2.24) is 15.2 Å². The van der Waals surface area contributed by atoms with Crippen molar-refractivity contribution in [2.75, 3.05) is 19.8 Å². The second kappa shape index (κ2) is 12.5. The van der Waals surface area contributed by atoms with Crippen LogP contribution in [0.15, 0.2) is 41.5 Å². The molecule has 1 heterocycles. The molecule has 0 atom stereocenters. The van der Waals surface area contributed by atoms with Gasteiger partial charge in [-0.25, -0.2) is 10.1 Å². The van der Waals surface area contributed by atoms with E-state index in [4.69, 9.17) is 37.4 Å². The zero-order valence-electron chi connectivity index (χ0n) is 20.1. The lowest BCUT2D eigenvalue weighted by atomic mass is 10.1. The number of ether oxygens (including phenoxy) is 3. The highest BCUT2D eigenvalue weighted by atomic mass is 35.5. The van der Waals surface area contributed by atoms with Crippen LogP contribution >= 0.6 is 23.2 Å². The number of nitrogens with one attached hydrogen (secondary N) is 1. The van der Waals surface area contributed by atoms with Gasteiger partial charge in [0.2, 0.25) is 5.75 Å². The molecule has 1 amide bonds. The van der Waals surface area contributed by atoms with E-state index in [1.807, 2.05) is 52.0 Å². The van der Waals surface area contributed by atoms with Crippen molar-refractivity contribution in [1.29, 1.82) is 0 Å². The van der Waals surface area contributed by atoms with Crippen LogP contribution in [0.1, 0.15) is 48.0 Å². The Labute approximate surface area is 214 Å². The Morgan fingerprint density at radius 3 is 2.20 bits per heavy atom. The van der Waals surface area contributed by atoms with Crippen molar-refractivity contribution in [2.45, 2.75) is 34.2 Å². The maximum absolute atomic E-state index is 12.8. The largest absolute Gasteiger partial charge is 0.490 e. The van der Waals surface area contributed by atoms with E-state index in [1.54, 1.807) is 16.8 Å². The van der Waals surface area contributed by atoms with Gasteiger partial charge in [0.15, 0.2) is 11.5 Å². The summed E-state index contributed by atoms with van der Waals surface area (Å²) in [6.45, 7) is 9.12. The van der Waals surface area contributed by atoms with Crippen molar-refractivity contribution in [3.8, 4) is 17.2 Å². The van der Waals surface area contributed by atoms with Crippen molar-refractivity contribution in [2.24, 2.45) is 5.10 Å². The minimum atomic E-state index is -0.437. The first-order valence-electron chi connectivity index (χ1n) is 11.2. The summed E-state index contributed by atoms with van der Waals surface area (Å²) in [6, 6.07) is 10.7. The minimum absolute atomic E-state index is 0.318. The third-order valence-electron chi connectivity index (χ3n) is 4.89. The van der Waals surface area contributed by atoms with Gasteiger partial charge in [-0.1, -0.05) is 35.3 Å². The average Bonchev–Trinajstić information content (AvgIpc) is 3.10. The maximum Gasteiger partial charge on any atom is 0.271 e. The molecule has 0 saturated heterocycles. The van der Waals surface area contributed by atoms with Crippen molar-refractivity contribution in [3.05, 3.63) is 69.0 Å². The molecule has 3 rings (SSSR count). The summed E-state index contributed by atoms with van der Waals surface area (Å²) in [7, 11) is 0. The molecule has 1 N–H and O–H groups in total. The van der Waals surface area contributed by atoms with Crippen LogP contribution in [0, 0.1) is 6.92 Å². The second-order valence-electron chi connectivity index (χ2n) is 7.37. The topological polar surface area (TPSA) is 87.0 Å². The molecule has 0 radical (unpaired) electrons. The van der Waals surface area contributed by atoms with Crippen LogP contribution in [0.25, 0.3) is 0 Å². The number of rotatable bonds is 11. The quantitative estimate of drug-likeness (QED) is 0.267. The van der Waals surface area contributed by atoms with Crippen LogP contribution < -0.4 is 19.6 Å². The molecule has 0 fully saturated rings. The molecule has 35 heavy (non-hydrogen) atoms. The van der Waals surface area contributed by atoms with Crippen molar-refractivity contribution >= 4 is 35.3 Å². The van der Waals surface area contributed by atoms with Gasteiger partial charge in [0.1, 0.15) is 5.15 Å². The van der Waals surface area contributed by atoms with E-state index in [0.717, 1.165) is 5.56 Å². The molecule has 10 heteroatoms. The molecule has 0 saturated carbocycles. The number of hydrazone groups is 1. The molecule has 0 bridgehead atoms. The first-order valence-corrected chi connectivity index (χ1v) is 12.0. The number of aromatic nitrogens is 2. The molecule has 0 spiro atoms. The van der Waals surface area contributed by atoms with E-state index in [9.17, 15) is 4.79 Å². The predicted octanol–water partition coefficient (Wildman–Crippen LogP) is 5.51. The summed E-state index contributed by atoms with van der Waals surface area (Å²) in [4.78, 5) is 12.8. The first kappa shape index (κ1) is 26.4. The predicted molar refractivity (Wildman–Crippen MR) is 138 cm³/mol. The van der Waals surface area contributed by atoms with Gasteiger partial charge in [-0.2, -0.15) is 10.2 Å². The van der Waals surface area contributed by atoms with E-state index in [2.05, 4.69) is 15.6 Å². The first-order chi connectivity index (χ1) is 16.9. The lowest BCUT2D eigenvalue weighted by molar-refractivity contribution is 0.0954. The summed E-state index contributed by atoms with van der Waals surface area (Å²) in [5.41, 5.74) is 5.13. The fourth-order valence-electron chi connectivity index (χ4n) is 3.32. The smallest absolute Gasteiger partial charge is 0.271 e. The van der Waals surface area contributed by atoms with Crippen LogP contribution in [0.2, 0.25) is 10.2 Å². The lowest BCUT2D eigenvalue weighted by Gasteiger charge is -2.16. The number of hydrogen-bond donors (Lipinski definition) is 1. The van der Waals surface area contributed by atoms with Gasteiger partial charge in [0.25, 0.3) is 5.91 Å². The molecule has 0 aliphatic heterocycles. The molecular weight excluding hydrogens is 491 g/mol. The monoisotopic (exact) mass is 518 g/mol. The number of aryl methyl sites for hydroxylation is 1. The summed E-state index contributed by atoms with van der Waals surface area (Å²) in [6.07, 6.45) is 1.47. The zero-order valence-corrected chi connectivity index (χ0v) is 21.6. The van der Waals surface area contributed by atoms with E-state index in [-0.39, 0.29) is 0 Å². The van der Waals surface area contributed by atoms with Gasteiger partial charge in [-0.15, -0.1) is 0 Å². The molecule has 8 nitrogen and oxygen atoms in total. The van der Waals surface area contributed by atoms with Crippen LogP contribution in [0.3, 0.4) is 0 Å². The molecule has 0 aliphatic rings. The SMILES string of the molecule is CCOc1cc(C(=O)N/N=C/c2c(C)nn(Cc3ccc(Cl)cc3)c2Cl)cc(OCC)c1OCC. The molecule has 1 aromatic heterocycles. The van der Waals surface area contributed by atoms with Crippen LogP contribution in [-0.4, -0.2) is 41.7 Å². The Morgan fingerprint density at radius 2 is 1.63 bits per heavy atom. The van der Waals surface area contributed by atoms with Gasteiger partial charge >= 0.3 is 0 Å². The highest BCUT2D eigenvalue weighted by Crippen LogP contribution is 2.39. The van der Waals surface area contributed by atoms with Crippen LogP contribution in [0.5, 0.6) is 17.2 Å². The summed E-state index contributed by atoms with van der Waals surface area (Å²) in [5, 5.41) is 9.64. The van der Waals surface area contributed by atoms with E-state index in [1.165, 1.54) is 6.21 Å². The molecular formula is C25H28Cl2N4O4. The standard InChI is InChI=1S/C25H28Cl2N4O4/c1-5-33-21-12-18(13-22(34-6-2)23(21)35-7-3)25(32)29-28-14-20-16(4)30-31(24(20)27)15-17-8-10-19(26)11-9-17/h8-14H,5-7,15H2,1-4H3,(H,29,32)/b28-14+. The summed E-state index contributed by atoms with van der Waals surface area (Å²) < 4.78 is 18.7. The number of nitrogens with zero attached hydrogens (tertiary/aromatic N) is 3. The highest BCUT2D eigenvalue weighted by molar-refractivity contribution is 6.32. The molecule has 0 unspecified atom stereocenters. The normalized spacial score (nSPS) is 11.0. The molecule has 3 aromatic rings. The molecule has 2 aromatic carbocycles. The Morgan fingerprint density at radius 1 is 1.03 bits per heavy atom. The molecule has 186 valence electrons. The van der Waals surface area contributed by atoms with Crippen molar-refractivity contribution in [3.63, 3.8) is 0 Å². The minimum Gasteiger partial charge on any atom is -0.490 e. The Balaban J connectivity index is 1.78. The van der Waals surface area contributed by atoms with Crippen LogP contribution in [-0.2, 0) is 6.54 Å². The fraction of sp³-hybridized carbons (Fsp3) is 0.320. The van der Waals surface area contributed by atoms with Crippen LogP contribution in [0.4, 0.5) is 0 Å². The van der Waals surface area contributed by atoms with E-state index < -0.39 is 5.91 Å². The van der Waals surface area contributed by atoms with Gasteiger partial charge in [0, 0.05) is 10.6 Å². The van der Waals surface area contributed by atoms with Gasteiger partial charge in [0.05, 0.1) is 43.8 Å². The highest BCUT2D eigenvalue weighted by Gasteiger charge is 2.18. The number of hydrogen-bond acceptors (Lipinski definition) is 6. The van der Waals surface area contributed by atoms with E-state index >= 15 is 0 Å². The summed E-state index contributed by atoms with van der Waals surface area (Å²) >= 11 is 12.5. The Kier molecular flexibility index (Phi) is 9.39. The number of amides is 1. The Bertz CT molecular complexity index is 1170. The third kappa shape index (κ3) is 6.68. The van der Waals surface area contributed by atoms with E-state index in [0.29, 0.717) is 70.6 Å². The van der Waals surface area contributed by atoms with Gasteiger partial charge in [-0.05, 0) is 57.5 Å². The number of benzene rings is 2. The second-order valence-corrected chi connectivity index (χ2v) is 8.17. The molecule has 0 aliphatic carbocycles. The van der Waals surface area contributed by atoms with Gasteiger partial charge < -0.3 is 14.2 Å². The number of carbonyl (C=O) groups is 1. The Hall–Kier alpha value is -3.23. The number of carbonyl (C=O) groups excluding carboxylic acids is 1. The van der Waals surface area contributed by atoms with Crippen molar-refractivity contribution < 1.29 is 19.0 Å². The van der Waals surface area contributed by atoms with Gasteiger partial charge in [-0.3, -0.25) is 4.79 Å². The lowest BCUT2D eigenvalue weighted by Crippen LogP contribution is -2.18. The third-order valence-corrected chi connectivity index (χ3v) is 5.54. The number of halogens is 2. The maximum atomic E-state index is 12.8. The summed E-state index contributed by atoms with van der Waals surface area (Å²) in [5.74, 6) is 0.883.